The van der Waals surface area contributed by atoms with Gasteiger partial charge in [0.2, 0.25) is 0 Å². The molecule has 0 aliphatic carbocycles. The highest BCUT2D eigenvalue weighted by Crippen LogP contribution is 2.30. The van der Waals surface area contributed by atoms with Gasteiger partial charge in [0.1, 0.15) is 11.5 Å². The molecule has 0 aliphatic rings. The smallest absolute Gasteiger partial charge is 0.132 e. The van der Waals surface area contributed by atoms with Crippen molar-refractivity contribution >= 4 is 0 Å². The number of ether oxygens (including phenoxy) is 1. The van der Waals surface area contributed by atoms with Gasteiger partial charge in [-0.3, -0.25) is 0 Å². The number of rotatable bonds is 6. The minimum atomic E-state index is 0.320. The molecule has 0 bridgehead atoms. The Balaban J connectivity index is 2.23. The van der Waals surface area contributed by atoms with E-state index in [2.05, 4.69) is 43.4 Å². The van der Waals surface area contributed by atoms with E-state index in [-0.39, 0.29) is 0 Å². The Labute approximate surface area is 121 Å². The fourth-order valence-corrected chi connectivity index (χ4v) is 2.36. The van der Waals surface area contributed by atoms with Crippen molar-refractivity contribution in [2.45, 2.75) is 32.7 Å². The highest BCUT2D eigenvalue weighted by Gasteiger charge is 2.12. The van der Waals surface area contributed by atoms with Gasteiger partial charge >= 0.3 is 0 Å². The molecule has 0 fully saturated rings. The molecule has 2 heteroatoms. The first-order chi connectivity index (χ1) is 9.78. The predicted octanol–water partition coefficient (Wildman–Crippen LogP) is 4.71. The van der Waals surface area contributed by atoms with E-state index < -0.39 is 0 Å². The third-order valence-electron chi connectivity index (χ3n) is 3.61. The van der Waals surface area contributed by atoms with E-state index in [4.69, 9.17) is 4.74 Å². The predicted molar refractivity (Wildman–Crippen MR) is 84.4 cm³/mol. The molecule has 20 heavy (non-hydrogen) atoms. The van der Waals surface area contributed by atoms with Crippen LogP contribution in [-0.2, 0) is 6.42 Å². The first kappa shape index (κ1) is 14.6. The summed E-state index contributed by atoms with van der Waals surface area (Å²) in [5, 5.41) is 3.33. The standard InChI is InChI=1S/C18H23NO/c1-4-14-10-12-15(13-11-14)20-18-9-7-6-8-16(18)17(5-2)19-3/h6-13,17,19H,4-5H2,1-3H3. The molecule has 106 valence electrons. The van der Waals surface area contributed by atoms with Gasteiger partial charge in [-0.15, -0.1) is 0 Å². The summed E-state index contributed by atoms with van der Waals surface area (Å²) in [7, 11) is 1.99. The molecule has 0 amide bonds. The van der Waals surface area contributed by atoms with Gasteiger partial charge < -0.3 is 10.1 Å². The van der Waals surface area contributed by atoms with E-state index in [0.717, 1.165) is 24.3 Å². The lowest BCUT2D eigenvalue weighted by Crippen LogP contribution is -2.15. The first-order valence-electron chi connectivity index (χ1n) is 7.31. The van der Waals surface area contributed by atoms with Gasteiger partial charge in [-0.2, -0.15) is 0 Å². The molecular formula is C18H23NO. The van der Waals surface area contributed by atoms with Crippen LogP contribution in [-0.4, -0.2) is 7.05 Å². The minimum absolute atomic E-state index is 0.320. The lowest BCUT2D eigenvalue weighted by molar-refractivity contribution is 0.458. The fraction of sp³-hybridized carbons (Fsp3) is 0.333. The molecular weight excluding hydrogens is 246 g/mol. The van der Waals surface area contributed by atoms with Gasteiger partial charge in [-0.25, -0.2) is 0 Å². The second-order valence-electron chi connectivity index (χ2n) is 4.89. The van der Waals surface area contributed by atoms with Gasteiger partial charge in [0.05, 0.1) is 0 Å². The maximum Gasteiger partial charge on any atom is 0.132 e. The van der Waals surface area contributed by atoms with Crippen molar-refractivity contribution in [2.75, 3.05) is 7.05 Å². The summed E-state index contributed by atoms with van der Waals surface area (Å²) in [4.78, 5) is 0. The Hall–Kier alpha value is -1.80. The van der Waals surface area contributed by atoms with E-state index >= 15 is 0 Å². The summed E-state index contributed by atoms with van der Waals surface area (Å²) in [6.07, 6.45) is 2.08. The van der Waals surface area contributed by atoms with Crippen molar-refractivity contribution in [1.29, 1.82) is 0 Å². The summed E-state index contributed by atoms with van der Waals surface area (Å²) in [5.41, 5.74) is 2.53. The Morgan fingerprint density at radius 2 is 1.70 bits per heavy atom. The second kappa shape index (κ2) is 7.11. The summed E-state index contributed by atoms with van der Waals surface area (Å²) in [6.45, 7) is 4.33. The molecule has 2 aromatic carbocycles. The van der Waals surface area contributed by atoms with Gasteiger partial charge in [0.25, 0.3) is 0 Å². The quantitative estimate of drug-likeness (QED) is 0.820. The molecule has 2 rings (SSSR count). The Bertz CT molecular complexity index is 529. The largest absolute Gasteiger partial charge is 0.457 e. The molecule has 0 spiro atoms. The average molecular weight is 269 g/mol. The maximum atomic E-state index is 6.05. The molecule has 1 atom stereocenters. The van der Waals surface area contributed by atoms with Crippen LogP contribution in [0, 0.1) is 0 Å². The van der Waals surface area contributed by atoms with Crippen LogP contribution in [0.5, 0.6) is 11.5 Å². The first-order valence-corrected chi connectivity index (χ1v) is 7.31. The molecule has 0 saturated carbocycles. The average Bonchev–Trinajstić information content (AvgIpc) is 2.51. The molecule has 0 saturated heterocycles. The molecule has 1 unspecified atom stereocenters. The third-order valence-corrected chi connectivity index (χ3v) is 3.61. The topological polar surface area (TPSA) is 21.3 Å². The highest BCUT2D eigenvalue weighted by atomic mass is 16.5. The minimum Gasteiger partial charge on any atom is -0.457 e. The van der Waals surface area contributed by atoms with Crippen molar-refractivity contribution < 1.29 is 4.74 Å². The second-order valence-corrected chi connectivity index (χ2v) is 4.89. The zero-order valence-corrected chi connectivity index (χ0v) is 12.5. The van der Waals surface area contributed by atoms with Gasteiger partial charge in [-0.1, -0.05) is 44.2 Å². The van der Waals surface area contributed by atoms with Crippen LogP contribution in [0.1, 0.15) is 37.4 Å². The number of hydrogen-bond donors (Lipinski definition) is 1. The monoisotopic (exact) mass is 269 g/mol. The molecule has 1 N–H and O–H groups in total. The van der Waals surface area contributed by atoms with E-state index in [1.807, 2.05) is 31.3 Å². The van der Waals surface area contributed by atoms with Crippen LogP contribution in [0.3, 0.4) is 0 Å². The van der Waals surface area contributed by atoms with Crippen molar-refractivity contribution in [3.05, 3.63) is 59.7 Å². The van der Waals surface area contributed by atoms with Crippen molar-refractivity contribution in [1.82, 2.24) is 5.32 Å². The Morgan fingerprint density at radius 3 is 2.30 bits per heavy atom. The van der Waals surface area contributed by atoms with Crippen LogP contribution in [0.15, 0.2) is 48.5 Å². The van der Waals surface area contributed by atoms with Gasteiger partial charge in [0.15, 0.2) is 0 Å². The summed E-state index contributed by atoms with van der Waals surface area (Å²) >= 11 is 0. The molecule has 0 aliphatic heterocycles. The number of nitrogens with one attached hydrogen (secondary N) is 1. The SMILES string of the molecule is CCc1ccc(Oc2ccccc2C(CC)NC)cc1. The van der Waals surface area contributed by atoms with Crippen LogP contribution < -0.4 is 10.1 Å². The van der Waals surface area contributed by atoms with Crippen LogP contribution in [0.25, 0.3) is 0 Å². The number of benzene rings is 2. The van der Waals surface area contributed by atoms with Crippen LogP contribution >= 0.6 is 0 Å². The normalized spacial score (nSPS) is 12.2. The summed E-state index contributed by atoms with van der Waals surface area (Å²) in [5.74, 6) is 1.82. The number of hydrogen-bond acceptors (Lipinski definition) is 2. The molecule has 2 aromatic rings. The zero-order valence-electron chi connectivity index (χ0n) is 12.5. The lowest BCUT2D eigenvalue weighted by Gasteiger charge is -2.18. The zero-order chi connectivity index (χ0) is 14.4. The summed E-state index contributed by atoms with van der Waals surface area (Å²) in [6, 6.07) is 16.9. The van der Waals surface area contributed by atoms with E-state index in [9.17, 15) is 0 Å². The molecule has 0 radical (unpaired) electrons. The highest BCUT2D eigenvalue weighted by molar-refractivity contribution is 5.40. The van der Waals surface area contributed by atoms with Crippen molar-refractivity contribution in [3.8, 4) is 11.5 Å². The van der Waals surface area contributed by atoms with E-state index in [1.54, 1.807) is 0 Å². The van der Waals surface area contributed by atoms with Crippen molar-refractivity contribution in [2.24, 2.45) is 0 Å². The van der Waals surface area contributed by atoms with Gasteiger partial charge in [0, 0.05) is 11.6 Å². The molecule has 0 aromatic heterocycles. The number of aryl methyl sites for hydroxylation is 1. The van der Waals surface area contributed by atoms with Gasteiger partial charge in [-0.05, 0) is 43.7 Å². The molecule has 2 nitrogen and oxygen atoms in total. The van der Waals surface area contributed by atoms with E-state index in [1.165, 1.54) is 11.1 Å². The summed E-state index contributed by atoms with van der Waals surface area (Å²) < 4.78 is 6.05. The lowest BCUT2D eigenvalue weighted by atomic mass is 10.0. The Morgan fingerprint density at radius 1 is 1.00 bits per heavy atom. The maximum absolute atomic E-state index is 6.05. The van der Waals surface area contributed by atoms with Crippen LogP contribution in [0.2, 0.25) is 0 Å². The third kappa shape index (κ3) is 3.40. The number of para-hydroxylation sites is 1. The van der Waals surface area contributed by atoms with Crippen molar-refractivity contribution in [3.63, 3.8) is 0 Å². The van der Waals surface area contributed by atoms with E-state index in [0.29, 0.717) is 6.04 Å². The molecule has 0 heterocycles. The van der Waals surface area contributed by atoms with Crippen LogP contribution in [0.4, 0.5) is 0 Å². The Kier molecular flexibility index (Phi) is 5.19. The fourth-order valence-electron chi connectivity index (χ4n) is 2.36.